The van der Waals surface area contributed by atoms with Gasteiger partial charge in [0.1, 0.15) is 11.2 Å². The van der Waals surface area contributed by atoms with Crippen LogP contribution in [0.3, 0.4) is 0 Å². The number of aryl methyl sites for hydroxylation is 3. The highest BCUT2D eigenvalue weighted by Crippen LogP contribution is 2.41. The second kappa shape index (κ2) is 10.1. The van der Waals surface area contributed by atoms with Crippen LogP contribution in [0.1, 0.15) is 16.7 Å². The SMILES string of the molecule is Cc1cc(C)c(-c2nc3c4ccccc4c4ccccc4c3nc2-c2cccc(-c3ccc4oc5ccccc5c4c3)c2)c(C)c1. The van der Waals surface area contributed by atoms with E-state index in [-0.39, 0.29) is 0 Å². The Balaban J connectivity index is 1.34. The molecule has 9 rings (SSSR count). The van der Waals surface area contributed by atoms with E-state index in [1.54, 1.807) is 0 Å². The van der Waals surface area contributed by atoms with Gasteiger partial charge in [0.05, 0.1) is 22.4 Å². The van der Waals surface area contributed by atoms with Gasteiger partial charge in [-0.25, -0.2) is 9.97 Å². The Labute approximate surface area is 266 Å². The van der Waals surface area contributed by atoms with Crippen molar-refractivity contribution in [1.29, 1.82) is 0 Å². The third-order valence-corrected chi connectivity index (χ3v) is 9.31. The van der Waals surface area contributed by atoms with Crippen molar-refractivity contribution in [3.8, 4) is 33.6 Å². The van der Waals surface area contributed by atoms with Gasteiger partial charge in [0.2, 0.25) is 0 Å². The van der Waals surface area contributed by atoms with Crippen LogP contribution in [0.2, 0.25) is 0 Å². The number of para-hydroxylation sites is 1. The molecule has 0 aliphatic carbocycles. The number of benzene rings is 7. The third kappa shape index (κ3) is 4.05. The van der Waals surface area contributed by atoms with Crippen LogP contribution in [0.25, 0.3) is 88.2 Å². The zero-order valence-corrected chi connectivity index (χ0v) is 25.9. The van der Waals surface area contributed by atoms with Crippen LogP contribution in [0.5, 0.6) is 0 Å². The molecule has 0 saturated heterocycles. The van der Waals surface area contributed by atoms with E-state index in [2.05, 4.69) is 136 Å². The number of aromatic nitrogens is 2. The van der Waals surface area contributed by atoms with Gasteiger partial charge >= 0.3 is 0 Å². The van der Waals surface area contributed by atoms with Gasteiger partial charge < -0.3 is 4.42 Å². The molecule has 0 amide bonds. The van der Waals surface area contributed by atoms with Gasteiger partial charge in [-0.15, -0.1) is 0 Å². The molecule has 9 aromatic rings. The Morgan fingerprint density at radius 3 is 1.65 bits per heavy atom. The lowest BCUT2D eigenvalue weighted by Crippen LogP contribution is -2.00. The van der Waals surface area contributed by atoms with Crippen LogP contribution in [0.4, 0.5) is 0 Å². The average Bonchev–Trinajstić information content (AvgIpc) is 3.46. The van der Waals surface area contributed by atoms with Crippen LogP contribution in [0, 0.1) is 20.8 Å². The number of furan rings is 1. The molecule has 0 bridgehead atoms. The molecule has 0 radical (unpaired) electrons. The maximum Gasteiger partial charge on any atom is 0.135 e. The fourth-order valence-corrected chi connectivity index (χ4v) is 7.34. The van der Waals surface area contributed by atoms with Crippen LogP contribution < -0.4 is 0 Å². The predicted octanol–water partition coefficient (Wildman–Crippen LogP) is 11.8. The van der Waals surface area contributed by atoms with Crippen molar-refractivity contribution in [2.45, 2.75) is 20.8 Å². The quantitative estimate of drug-likeness (QED) is 0.192. The molecule has 3 nitrogen and oxygen atoms in total. The summed E-state index contributed by atoms with van der Waals surface area (Å²) in [4.78, 5) is 11.1. The molecule has 218 valence electrons. The van der Waals surface area contributed by atoms with E-state index in [1.165, 1.54) is 27.5 Å². The van der Waals surface area contributed by atoms with Crippen LogP contribution in [-0.4, -0.2) is 9.97 Å². The summed E-state index contributed by atoms with van der Waals surface area (Å²) < 4.78 is 6.12. The predicted molar refractivity (Wildman–Crippen MR) is 192 cm³/mol. The van der Waals surface area contributed by atoms with Gasteiger partial charge in [0, 0.05) is 32.7 Å². The Morgan fingerprint density at radius 1 is 0.413 bits per heavy atom. The number of hydrogen-bond acceptors (Lipinski definition) is 3. The van der Waals surface area contributed by atoms with E-state index in [0.29, 0.717) is 0 Å². The molecule has 0 spiro atoms. The number of hydrogen-bond donors (Lipinski definition) is 0. The molecule has 2 aromatic heterocycles. The minimum atomic E-state index is 0.889. The largest absolute Gasteiger partial charge is 0.456 e. The summed E-state index contributed by atoms with van der Waals surface area (Å²) in [5.41, 5.74) is 13.5. The number of fused-ring (bicyclic) bond motifs is 9. The van der Waals surface area contributed by atoms with E-state index in [1.807, 2.05) is 12.1 Å². The lowest BCUT2D eigenvalue weighted by atomic mass is 9.92. The second-order valence-electron chi connectivity index (χ2n) is 12.4. The molecule has 0 N–H and O–H groups in total. The van der Waals surface area contributed by atoms with Crippen LogP contribution in [-0.2, 0) is 0 Å². The van der Waals surface area contributed by atoms with Gasteiger partial charge in [0.25, 0.3) is 0 Å². The van der Waals surface area contributed by atoms with E-state index in [0.717, 1.165) is 77.4 Å². The third-order valence-electron chi connectivity index (χ3n) is 9.31. The van der Waals surface area contributed by atoms with Gasteiger partial charge in [-0.1, -0.05) is 109 Å². The molecule has 0 atom stereocenters. The highest BCUT2D eigenvalue weighted by Gasteiger charge is 2.21. The van der Waals surface area contributed by atoms with E-state index in [9.17, 15) is 0 Å². The minimum Gasteiger partial charge on any atom is -0.456 e. The first-order valence-corrected chi connectivity index (χ1v) is 15.7. The van der Waals surface area contributed by atoms with Crippen LogP contribution >= 0.6 is 0 Å². The Morgan fingerprint density at radius 2 is 0.957 bits per heavy atom. The maximum absolute atomic E-state index is 6.12. The van der Waals surface area contributed by atoms with Crippen molar-refractivity contribution in [2.24, 2.45) is 0 Å². The van der Waals surface area contributed by atoms with E-state index in [4.69, 9.17) is 14.4 Å². The molecule has 3 heteroatoms. The van der Waals surface area contributed by atoms with Gasteiger partial charge in [-0.2, -0.15) is 0 Å². The molecule has 0 aliphatic heterocycles. The fourth-order valence-electron chi connectivity index (χ4n) is 7.34. The summed E-state index contributed by atoms with van der Waals surface area (Å²) in [6, 6.07) is 45.0. The topological polar surface area (TPSA) is 38.9 Å². The van der Waals surface area contributed by atoms with Crippen LogP contribution in [0.15, 0.2) is 132 Å². The molecule has 46 heavy (non-hydrogen) atoms. The highest BCUT2D eigenvalue weighted by atomic mass is 16.3. The van der Waals surface area contributed by atoms with Crippen molar-refractivity contribution < 1.29 is 4.42 Å². The molecule has 2 heterocycles. The zero-order valence-electron chi connectivity index (χ0n) is 25.9. The molecule has 0 saturated carbocycles. The van der Waals surface area contributed by atoms with Crippen molar-refractivity contribution in [3.05, 3.63) is 144 Å². The molecular weight excluding hydrogens is 560 g/mol. The first-order valence-electron chi connectivity index (χ1n) is 15.7. The average molecular weight is 591 g/mol. The highest BCUT2D eigenvalue weighted by molar-refractivity contribution is 6.23. The molecule has 0 unspecified atom stereocenters. The lowest BCUT2D eigenvalue weighted by Gasteiger charge is -2.18. The van der Waals surface area contributed by atoms with E-state index >= 15 is 0 Å². The monoisotopic (exact) mass is 590 g/mol. The van der Waals surface area contributed by atoms with Gasteiger partial charge in [-0.05, 0) is 78.1 Å². The van der Waals surface area contributed by atoms with Crippen molar-refractivity contribution >= 4 is 54.5 Å². The molecule has 0 aliphatic rings. The minimum absolute atomic E-state index is 0.889. The van der Waals surface area contributed by atoms with Crippen molar-refractivity contribution in [3.63, 3.8) is 0 Å². The normalized spacial score (nSPS) is 11.8. The van der Waals surface area contributed by atoms with Crippen molar-refractivity contribution in [1.82, 2.24) is 9.97 Å². The summed E-state index contributed by atoms with van der Waals surface area (Å²) in [6.45, 7) is 6.52. The Bertz CT molecular complexity index is 2660. The Hall–Kier alpha value is -5.80. The summed E-state index contributed by atoms with van der Waals surface area (Å²) in [7, 11) is 0. The summed E-state index contributed by atoms with van der Waals surface area (Å²) >= 11 is 0. The molecular formula is C43H30N2O. The zero-order chi connectivity index (χ0) is 30.9. The van der Waals surface area contributed by atoms with Gasteiger partial charge in [-0.3, -0.25) is 0 Å². The van der Waals surface area contributed by atoms with Crippen molar-refractivity contribution in [2.75, 3.05) is 0 Å². The summed E-state index contributed by atoms with van der Waals surface area (Å²) in [6.07, 6.45) is 0. The number of nitrogens with zero attached hydrogens (tertiary/aromatic N) is 2. The molecule has 0 fully saturated rings. The number of rotatable bonds is 3. The standard InChI is InChI=1S/C43H30N2O/c1-25-21-26(2)39(27(3)22-25)43-40(44-41-34-16-6-4-13-31(34)32-14-5-7-17-35(32)42(41)45-43)30-12-10-11-28(23-30)29-19-20-38-36(24-29)33-15-8-9-18-37(33)46-38/h4-24H,1-3H3. The Kier molecular flexibility index (Phi) is 5.85. The smallest absolute Gasteiger partial charge is 0.135 e. The first-order chi connectivity index (χ1) is 22.5. The second-order valence-corrected chi connectivity index (χ2v) is 12.4. The lowest BCUT2D eigenvalue weighted by molar-refractivity contribution is 0.669. The summed E-state index contributed by atoms with van der Waals surface area (Å²) in [5, 5.41) is 6.86. The summed E-state index contributed by atoms with van der Waals surface area (Å²) in [5.74, 6) is 0. The van der Waals surface area contributed by atoms with Gasteiger partial charge in [0.15, 0.2) is 0 Å². The first kappa shape index (κ1) is 26.6. The fraction of sp³-hybridized carbons (Fsp3) is 0.0698. The maximum atomic E-state index is 6.12. The van der Waals surface area contributed by atoms with E-state index < -0.39 is 0 Å². The molecule has 7 aromatic carbocycles.